The lowest BCUT2D eigenvalue weighted by atomic mass is 10.2. The van der Waals surface area contributed by atoms with Gasteiger partial charge in [0.25, 0.3) is 5.22 Å². The minimum atomic E-state index is -0.341. The number of aromatic amines is 1. The van der Waals surface area contributed by atoms with Crippen molar-refractivity contribution in [3.63, 3.8) is 0 Å². The highest BCUT2D eigenvalue weighted by atomic mass is 32.2. The Kier molecular flexibility index (Phi) is 5.85. The quantitative estimate of drug-likeness (QED) is 0.432. The highest BCUT2D eigenvalue weighted by molar-refractivity contribution is 7.99. The molecule has 7 nitrogen and oxygen atoms in total. The number of carbonyl (C=O) groups excluding carboxylic acids is 1. The molecular formula is C20H18FN5O2S. The zero-order chi connectivity index (χ0) is 20.1. The maximum Gasteiger partial charge on any atom is 0.277 e. The summed E-state index contributed by atoms with van der Waals surface area (Å²) in [4.78, 5) is 19.7. The molecule has 2 N–H and O–H groups in total. The molecule has 4 rings (SSSR count). The third-order valence-corrected chi connectivity index (χ3v) is 5.04. The van der Waals surface area contributed by atoms with Gasteiger partial charge in [-0.15, -0.1) is 10.2 Å². The molecule has 0 aliphatic rings. The third-order valence-electron chi connectivity index (χ3n) is 4.22. The largest absolute Gasteiger partial charge is 0.416 e. The molecule has 1 amide bonds. The number of fused-ring (bicyclic) bond motifs is 1. The van der Waals surface area contributed by atoms with Crippen molar-refractivity contribution in [2.24, 2.45) is 0 Å². The lowest BCUT2D eigenvalue weighted by Gasteiger charge is -2.05. The number of aromatic nitrogens is 4. The second kappa shape index (κ2) is 8.87. The van der Waals surface area contributed by atoms with Gasteiger partial charge in [-0.25, -0.2) is 9.37 Å². The van der Waals surface area contributed by atoms with Gasteiger partial charge in [-0.05, 0) is 18.2 Å². The van der Waals surface area contributed by atoms with E-state index in [1.54, 1.807) is 18.2 Å². The van der Waals surface area contributed by atoms with Gasteiger partial charge < -0.3 is 14.7 Å². The molecule has 0 radical (unpaired) electrons. The van der Waals surface area contributed by atoms with Crippen molar-refractivity contribution < 1.29 is 13.6 Å². The van der Waals surface area contributed by atoms with Gasteiger partial charge in [0.05, 0.1) is 16.8 Å². The summed E-state index contributed by atoms with van der Waals surface area (Å²) in [5.41, 5.74) is 2.35. The van der Waals surface area contributed by atoms with Crippen molar-refractivity contribution in [3.8, 4) is 0 Å². The van der Waals surface area contributed by atoms with Gasteiger partial charge in [0, 0.05) is 24.9 Å². The van der Waals surface area contributed by atoms with Crippen LogP contribution in [0, 0.1) is 5.82 Å². The molecule has 0 atom stereocenters. The van der Waals surface area contributed by atoms with Gasteiger partial charge in [0.15, 0.2) is 0 Å². The number of aryl methyl sites for hydroxylation is 2. The molecule has 0 saturated carbocycles. The van der Waals surface area contributed by atoms with Gasteiger partial charge in [-0.1, -0.05) is 42.1 Å². The summed E-state index contributed by atoms with van der Waals surface area (Å²) in [7, 11) is 0. The van der Waals surface area contributed by atoms with Crippen molar-refractivity contribution >= 4 is 28.7 Å². The van der Waals surface area contributed by atoms with E-state index >= 15 is 0 Å². The Morgan fingerprint density at radius 2 is 1.93 bits per heavy atom. The van der Waals surface area contributed by atoms with E-state index < -0.39 is 0 Å². The number of halogens is 1. The molecular weight excluding hydrogens is 393 g/mol. The zero-order valence-electron chi connectivity index (χ0n) is 15.4. The van der Waals surface area contributed by atoms with Crippen molar-refractivity contribution in [1.82, 2.24) is 25.5 Å². The molecule has 4 aromatic rings. The van der Waals surface area contributed by atoms with Crippen LogP contribution >= 0.6 is 11.8 Å². The molecule has 0 aliphatic heterocycles. The standard InChI is InChI=1S/C20H18FN5O2S/c21-14-6-2-1-5-13(14)11-22-18(27)12-29-20-26-25-19(28-20)10-9-17-23-15-7-3-4-8-16(15)24-17/h1-8H,9-12H2,(H,22,27)(H,23,24). The monoisotopic (exact) mass is 411 g/mol. The van der Waals surface area contributed by atoms with E-state index in [4.69, 9.17) is 4.42 Å². The summed E-state index contributed by atoms with van der Waals surface area (Å²) in [6.07, 6.45) is 1.19. The molecule has 9 heteroatoms. The SMILES string of the molecule is O=C(CSc1nnc(CCc2nc3ccccc3[nH]2)o1)NCc1ccccc1F. The Hall–Kier alpha value is -3.20. The van der Waals surface area contributed by atoms with Gasteiger partial charge in [0.1, 0.15) is 11.6 Å². The molecule has 0 bridgehead atoms. The van der Waals surface area contributed by atoms with E-state index in [1.807, 2.05) is 24.3 Å². The number of rotatable bonds is 8. The highest BCUT2D eigenvalue weighted by Gasteiger charge is 2.11. The first-order valence-electron chi connectivity index (χ1n) is 9.06. The number of para-hydroxylation sites is 2. The fraction of sp³-hybridized carbons (Fsp3) is 0.200. The molecule has 2 heterocycles. The third kappa shape index (κ3) is 5.00. The van der Waals surface area contributed by atoms with Crippen LogP contribution in [0.5, 0.6) is 0 Å². The first-order valence-corrected chi connectivity index (χ1v) is 10.0. The highest BCUT2D eigenvalue weighted by Crippen LogP contribution is 2.17. The Bertz CT molecular complexity index is 1090. The van der Waals surface area contributed by atoms with Crippen LogP contribution in [-0.2, 0) is 24.2 Å². The average molecular weight is 411 g/mol. The number of hydrogen-bond acceptors (Lipinski definition) is 6. The topological polar surface area (TPSA) is 96.7 Å². The molecule has 2 aromatic heterocycles. The molecule has 0 spiro atoms. The van der Waals surface area contributed by atoms with Crippen molar-refractivity contribution in [2.45, 2.75) is 24.6 Å². The van der Waals surface area contributed by atoms with E-state index in [1.165, 1.54) is 6.07 Å². The van der Waals surface area contributed by atoms with E-state index in [-0.39, 0.29) is 24.0 Å². The molecule has 148 valence electrons. The number of nitrogens with zero attached hydrogens (tertiary/aromatic N) is 3. The van der Waals surface area contributed by atoms with E-state index in [0.717, 1.165) is 28.6 Å². The maximum atomic E-state index is 13.6. The van der Waals surface area contributed by atoms with E-state index in [9.17, 15) is 9.18 Å². The van der Waals surface area contributed by atoms with Crippen LogP contribution in [0.2, 0.25) is 0 Å². The molecule has 0 fully saturated rings. The number of hydrogen-bond donors (Lipinski definition) is 2. The Morgan fingerprint density at radius 3 is 2.79 bits per heavy atom. The second-order valence-corrected chi connectivity index (χ2v) is 7.25. The number of carbonyl (C=O) groups is 1. The Morgan fingerprint density at radius 1 is 1.10 bits per heavy atom. The first-order chi connectivity index (χ1) is 14.2. The fourth-order valence-corrected chi connectivity index (χ4v) is 3.37. The van der Waals surface area contributed by atoms with Crippen LogP contribution in [0.1, 0.15) is 17.3 Å². The van der Waals surface area contributed by atoms with Crippen molar-refractivity contribution in [2.75, 3.05) is 5.75 Å². The summed E-state index contributed by atoms with van der Waals surface area (Å²) in [5.74, 6) is 0.872. The van der Waals surface area contributed by atoms with E-state index in [2.05, 4.69) is 25.5 Å². The van der Waals surface area contributed by atoms with Crippen LogP contribution in [-0.4, -0.2) is 31.8 Å². The summed E-state index contributed by atoms with van der Waals surface area (Å²) in [5, 5.41) is 11.0. The summed E-state index contributed by atoms with van der Waals surface area (Å²) in [6.45, 7) is 0.138. The second-order valence-electron chi connectivity index (χ2n) is 6.32. The lowest BCUT2D eigenvalue weighted by Crippen LogP contribution is -2.25. The van der Waals surface area contributed by atoms with Crippen molar-refractivity contribution in [1.29, 1.82) is 0 Å². The first kappa shape index (κ1) is 19.1. The number of nitrogens with one attached hydrogen (secondary N) is 2. The summed E-state index contributed by atoms with van der Waals surface area (Å²) < 4.78 is 19.1. The number of H-pyrrole nitrogens is 1. The van der Waals surface area contributed by atoms with Crippen molar-refractivity contribution in [3.05, 3.63) is 71.6 Å². The average Bonchev–Trinajstić information content (AvgIpc) is 3.36. The molecule has 0 saturated heterocycles. The lowest BCUT2D eigenvalue weighted by molar-refractivity contribution is -0.118. The van der Waals surface area contributed by atoms with Crippen LogP contribution in [0.25, 0.3) is 11.0 Å². The predicted octanol–water partition coefficient (Wildman–Crippen LogP) is 3.28. The van der Waals surface area contributed by atoms with Gasteiger partial charge in [-0.2, -0.15) is 0 Å². The van der Waals surface area contributed by atoms with Crippen LogP contribution < -0.4 is 5.32 Å². The predicted molar refractivity (Wildman–Crippen MR) is 107 cm³/mol. The van der Waals surface area contributed by atoms with Crippen LogP contribution in [0.15, 0.2) is 58.2 Å². The smallest absolute Gasteiger partial charge is 0.277 e. The summed E-state index contributed by atoms with van der Waals surface area (Å²) >= 11 is 1.14. The number of imidazole rings is 1. The minimum Gasteiger partial charge on any atom is -0.416 e. The molecule has 2 aromatic carbocycles. The zero-order valence-corrected chi connectivity index (χ0v) is 16.2. The molecule has 0 aliphatic carbocycles. The number of benzene rings is 2. The fourth-order valence-electron chi connectivity index (χ4n) is 2.76. The number of amides is 1. The number of thioether (sulfide) groups is 1. The summed E-state index contributed by atoms with van der Waals surface area (Å²) in [6, 6.07) is 14.2. The van der Waals surface area contributed by atoms with Gasteiger partial charge >= 0.3 is 0 Å². The van der Waals surface area contributed by atoms with Crippen LogP contribution in [0.4, 0.5) is 4.39 Å². The minimum absolute atomic E-state index is 0.111. The Labute approximate surface area is 170 Å². The maximum absolute atomic E-state index is 13.6. The Balaban J connectivity index is 1.23. The van der Waals surface area contributed by atoms with Crippen LogP contribution in [0.3, 0.4) is 0 Å². The molecule has 0 unspecified atom stereocenters. The van der Waals surface area contributed by atoms with Gasteiger partial charge in [0.2, 0.25) is 11.8 Å². The van der Waals surface area contributed by atoms with Gasteiger partial charge in [-0.3, -0.25) is 4.79 Å². The van der Waals surface area contributed by atoms with E-state index in [0.29, 0.717) is 29.5 Å². The normalized spacial score (nSPS) is 11.1. The molecule has 29 heavy (non-hydrogen) atoms.